The monoisotopic (exact) mass is 279 g/mol. The van der Waals surface area contributed by atoms with Crippen LogP contribution in [0.2, 0.25) is 5.02 Å². The van der Waals surface area contributed by atoms with Gasteiger partial charge in [0.2, 0.25) is 5.91 Å². The molecule has 0 spiro atoms. The lowest BCUT2D eigenvalue weighted by Gasteiger charge is -2.40. The third-order valence-corrected chi connectivity index (χ3v) is 4.36. The van der Waals surface area contributed by atoms with E-state index < -0.39 is 0 Å². The van der Waals surface area contributed by atoms with Crippen molar-refractivity contribution in [3.05, 3.63) is 34.9 Å². The van der Waals surface area contributed by atoms with Crippen LogP contribution in [0.15, 0.2) is 24.3 Å². The quantitative estimate of drug-likeness (QED) is 0.782. The molecule has 1 aromatic rings. The Labute approximate surface area is 120 Å². The minimum atomic E-state index is -0.295. The fourth-order valence-corrected chi connectivity index (χ4v) is 2.82. The van der Waals surface area contributed by atoms with Crippen LogP contribution in [-0.4, -0.2) is 12.5 Å². The molecule has 0 aromatic heterocycles. The molecule has 1 fully saturated rings. The lowest BCUT2D eigenvalue weighted by molar-refractivity contribution is -0.129. The summed E-state index contributed by atoms with van der Waals surface area (Å²) in [7, 11) is 0. The number of nitrogens with one attached hydrogen (secondary N) is 1. The molecule has 19 heavy (non-hydrogen) atoms. The van der Waals surface area contributed by atoms with E-state index in [9.17, 15) is 4.79 Å². The highest BCUT2D eigenvalue weighted by Gasteiger charge is 2.45. The van der Waals surface area contributed by atoms with Crippen LogP contribution in [-0.2, 0) is 10.2 Å². The second-order valence-corrected chi connectivity index (χ2v) is 5.84. The van der Waals surface area contributed by atoms with Crippen molar-refractivity contribution in [3.63, 3.8) is 0 Å². The van der Waals surface area contributed by atoms with E-state index in [1.807, 2.05) is 24.3 Å². The van der Waals surface area contributed by atoms with Crippen molar-refractivity contribution in [1.29, 1.82) is 0 Å². The summed E-state index contributed by atoms with van der Waals surface area (Å²) < 4.78 is 0. The minimum Gasteiger partial charge on any atom is -0.355 e. The van der Waals surface area contributed by atoms with Crippen molar-refractivity contribution in [2.75, 3.05) is 6.54 Å². The van der Waals surface area contributed by atoms with Crippen LogP contribution in [0.25, 0.3) is 0 Å². The van der Waals surface area contributed by atoms with Gasteiger partial charge in [0.25, 0.3) is 0 Å². The van der Waals surface area contributed by atoms with Gasteiger partial charge in [-0.1, -0.05) is 49.9 Å². The smallest absolute Gasteiger partial charge is 0.230 e. The van der Waals surface area contributed by atoms with E-state index in [0.29, 0.717) is 0 Å². The fourth-order valence-electron chi connectivity index (χ4n) is 2.69. The molecule has 1 saturated carbocycles. The Morgan fingerprint density at radius 2 is 1.95 bits per heavy atom. The summed E-state index contributed by atoms with van der Waals surface area (Å²) in [5, 5.41) is 3.83. The van der Waals surface area contributed by atoms with Gasteiger partial charge in [0.05, 0.1) is 5.41 Å². The molecule has 104 valence electrons. The number of amides is 1. The number of unbranched alkanes of at least 4 members (excludes halogenated alkanes) is 2. The first-order valence-electron chi connectivity index (χ1n) is 7.23. The van der Waals surface area contributed by atoms with E-state index in [1.54, 1.807) is 0 Å². The molecule has 0 atom stereocenters. The van der Waals surface area contributed by atoms with Gasteiger partial charge in [-0.2, -0.15) is 0 Å². The molecule has 2 nitrogen and oxygen atoms in total. The predicted molar refractivity (Wildman–Crippen MR) is 79.5 cm³/mol. The molecule has 0 bridgehead atoms. The Hall–Kier alpha value is -1.02. The van der Waals surface area contributed by atoms with Crippen molar-refractivity contribution in [2.45, 2.75) is 50.9 Å². The Balaban J connectivity index is 2.01. The second kappa shape index (κ2) is 6.42. The molecule has 0 heterocycles. The van der Waals surface area contributed by atoms with Gasteiger partial charge in [0, 0.05) is 11.6 Å². The summed E-state index contributed by atoms with van der Waals surface area (Å²) in [5.74, 6) is 0.192. The molecular weight excluding hydrogens is 258 g/mol. The number of carbonyl (C=O) groups is 1. The van der Waals surface area contributed by atoms with Crippen LogP contribution >= 0.6 is 11.6 Å². The zero-order valence-corrected chi connectivity index (χ0v) is 12.3. The Morgan fingerprint density at radius 3 is 2.47 bits per heavy atom. The average Bonchev–Trinajstić information content (AvgIpc) is 2.36. The van der Waals surface area contributed by atoms with Crippen molar-refractivity contribution in [2.24, 2.45) is 0 Å². The third-order valence-electron chi connectivity index (χ3n) is 4.10. The van der Waals surface area contributed by atoms with E-state index in [-0.39, 0.29) is 11.3 Å². The maximum absolute atomic E-state index is 12.5. The third kappa shape index (κ3) is 3.11. The van der Waals surface area contributed by atoms with Gasteiger partial charge < -0.3 is 5.32 Å². The molecule has 0 radical (unpaired) electrons. The lowest BCUT2D eigenvalue weighted by Crippen LogP contribution is -2.49. The first-order valence-corrected chi connectivity index (χ1v) is 7.61. The highest BCUT2D eigenvalue weighted by molar-refractivity contribution is 6.30. The van der Waals surface area contributed by atoms with Crippen LogP contribution < -0.4 is 5.32 Å². The van der Waals surface area contributed by atoms with Gasteiger partial charge in [-0.25, -0.2) is 0 Å². The van der Waals surface area contributed by atoms with Crippen molar-refractivity contribution in [1.82, 2.24) is 5.32 Å². The van der Waals surface area contributed by atoms with Gasteiger partial charge in [0.15, 0.2) is 0 Å². The average molecular weight is 280 g/mol. The van der Waals surface area contributed by atoms with E-state index in [1.165, 1.54) is 12.8 Å². The molecule has 0 aliphatic heterocycles. The fraction of sp³-hybridized carbons (Fsp3) is 0.562. The number of hydrogen-bond acceptors (Lipinski definition) is 1. The molecule has 1 N–H and O–H groups in total. The summed E-state index contributed by atoms with van der Waals surface area (Å²) in [6.45, 7) is 2.96. The maximum atomic E-state index is 12.5. The zero-order valence-electron chi connectivity index (χ0n) is 11.5. The van der Waals surface area contributed by atoms with Crippen LogP contribution in [0, 0.1) is 0 Å². The van der Waals surface area contributed by atoms with Crippen LogP contribution in [0.5, 0.6) is 0 Å². The van der Waals surface area contributed by atoms with Gasteiger partial charge >= 0.3 is 0 Å². The second-order valence-electron chi connectivity index (χ2n) is 5.41. The summed E-state index contributed by atoms with van der Waals surface area (Å²) in [5.41, 5.74) is 0.813. The molecule has 0 saturated heterocycles. The molecule has 0 unspecified atom stereocenters. The Morgan fingerprint density at radius 1 is 1.26 bits per heavy atom. The molecule has 1 aliphatic carbocycles. The number of halogens is 1. The van der Waals surface area contributed by atoms with Crippen molar-refractivity contribution in [3.8, 4) is 0 Å². The van der Waals surface area contributed by atoms with E-state index in [2.05, 4.69) is 12.2 Å². The van der Waals surface area contributed by atoms with Crippen LogP contribution in [0.4, 0.5) is 0 Å². The Kier molecular flexibility index (Phi) is 4.87. The highest BCUT2D eigenvalue weighted by atomic mass is 35.5. The summed E-state index contributed by atoms with van der Waals surface area (Å²) in [4.78, 5) is 12.5. The molecule has 1 aromatic carbocycles. The van der Waals surface area contributed by atoms with Gasteiger partial charge in [-0.15, -0.1) is 0 Å². The standard InChI is InChI=1S/C16H22ClNO/c1-2-3-4-12-18-15(19)16(10-5-11-16)13-6-8-14(17)9-7-13/h6-9H,2-5,10-12H2,1H3,(H,18,19). The summed E-state index contributed by atoms with van der Waals surface area (Å²) >= 11 is 5.92. The van der Waals surface area contributed by atoms with E-state index >= 15 is 0 Å². The molecule has 2 rings (SSSR count). The molecule has 1 amide bonds. The van der Waals surface area contributed by atoms with Gasteiger partial charge in [-0.05, 0) is 37.0 Å². The minimum absolute atomic E-state index is 0.192. The molecule has 1 aliphatic rings. The highest BCUT2D eigenvalue weighted by Crippen LogP contribution is 2.44. The van der Waals surface area contributed by atoms with E-state index in [4.69, 9.17) is 11.6 Å². The number of hydrogen-bond donors (Lipinski definition) is 1. The summed E-state index contributed by atoms with van der Waals surface area (Å²) in [6.07, 6.45) is 6.46. The topological polar surface area (TPSA) is 29.1 Å². The van der Waals surface area contributed by atoms with Crippen molar-refractivity contribution < 1.29 is 4.79 Å². The largest absolute Gasteiger partial charge is 0.355 e. The zero-order chi connectivity index (χ0) is 13.7. The SMILES string of the molecule is CCCCCNC(=O)C1(c2ccc(Cl)cc2)CCC1. The van der Waals surface area contributed by atoms with E-state index in [0.717, 1.165) is 42.8 Å². The van der Waals surface area contributed by atoms with Crippen LogP contribution in [0.1, 0.15) is 51.0 Å². The Bertz CT molecular complexity index is 423. The molecular formula is C16H22ClNO. The van der Waals surface area contributed by atoms with Crippen LogP contribution in [0.3, 0.4) is 0 Å². The molecule has 3 heteroatoms. The lowest BCUT2D eigenvalue weighted by atomic mass is 9.64. The predicted octanol–water partition coefficient (Wildman–Crippen LogP) is 4.07. The first kappa shape index (κ1) is 14.4. The maximum Gasteiger partial charge on any atom is 0.230 e. The first-order chi connectivity index (χ1) is 9.19. The van der Waals surface area contributed by atoms with Gasteiger partial charge in [-0.3, -0.25) is 4.79 Å². The summed E-state index contributed by atoms with van der Waals surface area (Å²) in [6, 6.07) is 7.74. The number of carbonyl (C=O) groups excluding carboxylic acids is 1. The number of benzene rings is 1. The number of rotatable bonds is 6. The normalized spacial score (nSPS) is 16.7. The van der Waals surface area contributed by atoms with Gasteiger partial charge in [0.1, 0.15) is 0 Å². The van der Waals surface area contributed by atoms with Crippen molar-refractivity contribution >= 4 is 17.5 Å².